The van der Waals surface area contributed by atoms with Crippen molar-refractivity contribution in [1.29, 1.82) is 0 Å². The number of amides is 1. The lowest BCUT2D eigenvalue weighted by molar-refractivity contribution is -0.114. The first-order valence-electron chi connectivity index (χ1n) is 3.54. The Balaban J connectivity index is 3.08. The molecule has 2 N–H and O–H groups in total. The van der Waals surface area contributed by atoms with Crippen LogP contribution in [0.1, 0.15) is 17.5 Å². The number of carbonyl (C=O) groups is 2. The number of hydrogen-bond acceptors (Lipinski definition) is 4. The Morgan fingerprint density at radius 3 is 2.71 bits per heavy atom. The third-order valence-electron chi connectivity index (χ3n) is 1.23. The monoisotopic (exact) mass is 259 g/mol. The van der Waals surface area contributed by atoms with E-state index < -0.39 is 5.97 Å². The van der Waals surface area contributed by atoms with Gasteiger partial charge in [-0.25, -0.2) is 14.8 Å². The summed E-state index contributed by atoms with van der Waals surface area (Å²) in [6.07, 6.45) is 1.27. The molecule has 1 heterocycles. The number of nitrogens with one attached hydrogen (secondary N) is 1. The number of aromatic nitrogens is 2. The van der Waals surface area contributed by atoms with Crippen LogP contribution < -0.4 is 5.32 Å². The molecular weight excluding hydrogens is 254 g/mol. The van der Waals surface area contributed by atoms with Crippen molar-refractivity contribution < 1.29 is 14.7 Å². The van der Waals surface area contributed by atoms with Crippen molar-refractivity contribution in [1.82, 2.24) is 9.97 Å². The van der Waals surface area contributed by atoms with Crippen LogP contribution in [0.5, 0.6) is 0 Å². The fourth-order valence-corrected chi connectivity index (χ4v) is 1.01. The number of carbonyl (C=O) groups excluding carboxylic acids is 1. The SMILES string of the molecule is CC(=O)Nc1nc(C(=O)O)ncc1Br. The molecule has 0 aliphatic carbocycles. The topological polar surface area (TPSA) is 92.2 Å². The molecule has 0 radical (unpaired) electrons. The van der Waals surface area contributed by atoms with Gasteiger partial charge < -0.3 is 10.4 Å². The second-order valence-corrected chi connectivity index (χ2v) is 3.23. The lowest BCUT2D eigenvalue weighted by Gasteiger charge is -2.03. The average molecular weight is 260 g/mol. The van der Waals surface area contributed by atoms with E-state index in [0.29, 0.717) is 4.47 Å². The first kappa shape index (κ1) is 10.6. The molecule has 0 saturated carbocycles. The number of carboxylic acid groups (broad SMARTS) is 1. The number of hydrogen-bond donors (Lipinski definition) is 2. The van der Waals surface area contributed by atoms with Crippen LogP contribution in [0.15, 0.2) is 10.7 Å². The number of nitrogens with zero attached hydrogens (tertiary/aromatic N) is 2. The van der Waals surface area contributed by atoms with Crippen molar-refractivity contribution in [2.75, 3.05) is 5.32 Å². The lowest BCUT2D eigenvalue weighted by Crippen LogP contribution is -2.12. The highest BCUT2D eigenvalue weighted by molar-refractivity contribution is 9.10. The quantitative estimate of drug-likeness (QED) is 0.823. The van der Waals surface area contributed by atoms with Gasteiger partial charge in [-0.1, -0.05) is 0 Å². The first-order chi connectivity index (χ1) is 6.50. The number of rotatable bonds is 2. The molecule has 1 aromatic rings. The number of carboxylic acids is 1. The predicted molar refractivity (Wildman–Crippen MR) is 51.0 cm³/mol. The van der Waals surface area contributed by atoms with Crippen LogP contribution in [0.4, 0.5) is 5.82 Å². The molecule has 0 saturated heterocycles. The van der Waals surface area contributed by atoms with Gasteiger partial charge in [-0.3, -0.25) is 4.79 Å². The second-order valence-electron chi connectivity index (χ2n) is 2.38. The maximum absolute atomic E-state index is 10.7. The van der Waals surface area contributed by atoms with E-state index in [9.17, 15) is 9.59 Å². The molecule has 0 aromatic carbocycles. The summed E-state index contributed by atoms with van der Waals surface area (Å²) in [6.45, 7) is 1.30. The van der Waals surface area contributed by atoms with Crippen molar-refractivity contribution in [3.63, 3.8) is 0 Å². The van der Waals surface area contributed by atoms with Crippen LogP contribution in [-0.2, 0) is 4.79 Å². The van der Waals surface area contributed by atoms with Gasteiger partial charge >= 0.3 is 5.97 Å². The molecule has 0 bridgehead atoms. The van der Waals surface area contributed by atoms with Gasteiger partial charge in [0.15, 0.2) is 5.82 Å². The van der Waals surface area contributed by atoms with Crippen LogP contribution in [0.2, 0.25) is 0 Å². The lowest BCUT2D eigenvalue weighted by atomic mass is 10.5. The normalized spacial score (nSPS) is 9.57. The summed E-state index contributed by atoms with van der Waals surface area (Å²) in [5.74, 6) is -1.80. The van der Waals surface area contributed by atoms with Crippen LogP contribution in [0.25, 0.3) is 0 Å². The van der Waals surface area contributed by atoms with Gasteiger partial charge in [0.2, 0.25) is 11.7 Å². The van der Waals surface area contributed by atoms with Gasteiger partial charge in [-0.2, -0.15) is 0 Å². The highest BCUT2D eigenvalue weighted by Gasteiger charge is 2.11. The van der Waals surface area contributed by atoms with Crippen molar-refractivity contribution >= 4 is 33.6 Å². The van der Waals surface area contributed by atoms with Gasteiger partial charge in [0.25, 0.3) is 0 Å². The largest absolute Gasteiger partial charge is 0.475 e. The second kappa shape index (κ2) is 4.14. The Bertz CT molecular complexity index is 394. The van der Waals surface area contributed by atoms with E-state index in [1.807, 2.05) is 0 Å². The number of anilines is 1. The zero-order valence-corrected chi connectivity index (χ0v) is 8.70. The van der Waals surface area contributed by atoms with Gasteiger partial charge in [-0.15, -0.1) is 0 Å². The molecule has 7 heteroatoms. The highest BCUT2D eigenvalue weighted by Crippen LogP contribution is 2.18. The fourth-order valence-electron chi connectivity index (χ4n) is 0.725. The summed E-state index contributed by atoms with van der Waals surface area (Å²) in [6, 6.07) is 0. The Morgan fingerprint density at radius 2 is 2.21 bits per heavy atom. The van der Waals surface area contributed by atoms with Crippen LogP contribution in [-0.4, -0.2) is 27.0 Å². The van der Waals surface area contributed by atoms with E-state index in [0.717, 1.165) is 0 Å². The van der Waals surface area contributed by atoms with E-state index >= 15 is 0 Å². The highest BCUT2D eigenvalue weighted by atomic mass is 79.9. The molecule has 0 unspecified atom stereocenters. The summed E-state index contributed by atoms with van der Waals surface area (Å²) in [5.41, 5.74) is 0. The Hall–Kier alpha value is -1.50. The third kappa shape index (κ3) is 2.49. The van der Waals surface area contributed by atoms with Gasteiger partial charge in [0.05, 0.1) is 4.47 Å². The van der Waals surface area contributed by atoms with E-state index in [4.69, 9.17) is 5.11 Å². The standard InChI is InChI=1S/C7H6BrN3O3/c1-3(12)10-5-4(8)2-9-6(11-5)7(13)14/h2H,1H3,(H,13,14)(H,9,10,11,12). The minimum atomic E-state index is -1.25. The van der Waals surface area contributed by atoms with E-state index in [-0.39, 0.29) is 17.5 Å². The minimum absolute atomic E-state index is 0.143. The molecule has 74 valence electrons. The molecule has 6 nitrogen and oxygen atoms in total. The van der Waals surface area contributed by atoms with Crippen LogP contribution >= 0.6 is 15.9 Å². The zero-order chi connectivity index (χ0) is 10.7. The number of halogens is 1. The number of aromatic carboxylic acids is 1. The van der Waals surface area contributed by atoms with Gasteiger partial charge in [0.1, 0.15) is 0 Å². The Morgan fingerprint density at radius 1 is 1.57 bits per heavy atom. The maximum Gasteiger partial charge on any atom is 0.374 e. The van der Waals surface area contributed by atoms with Gasteiger partial charge in [0, 0.05) is 13.1 Å². The molecule has 1 aromatic heterocycles. The summed E-state index contributed by atoms with van der Waals surface area (Å²) in [7, 11) is 0. The van der Waals surface area contributed by atoms with Crippen LogP contribution in [0, 0.1) is 0 Å². The third-order valence-corrected chi connectivity index (χ3v) is 1.81. The molecular formula is C7H6BrN3O3. The summed E-state index contributed by atoms with van der Waals surface area (Å²) in [4.78, 5) is 28.4. The van der Waals surface area contributed by atoms with Crippen molar-refractivity contribution in [2.45, 2.75) is 6.92 Å². The van der Waals surface area contributed by atoms with E-state index in [1.54, 1.807) is 0 Å². The molecule has 14 heavy (non-hydrogen) atoms. The zero-order valence-electron chi connectivity index (χ0n) is 7.11. The molecule has 0 spiro atoms. The van der Waals surface area contributed by atoms with Crippen molar-refractivity contribution in [3.05, 3.63) is 16.5 Å². The molecule has 1 amide bonds. The predicted octanol–water partition coefficient (Wildman–Crippen LogP) is 0.896. The molecule has 1 rings (SSSR count). The fraction of sp³-hybridized carbons (Fsp3) is 0.143. The Kier molecular flexibility index (Phi) is 3.13. The van der Waals surface area contributed by atoms with Crippen molar-refractivity contribution in [2.24, 2.45) is 0 Å². The van der Waals surface area contributed by atoms with Crippen LogP contribution in [0.3, 0.4) is 0 Å². The minimum Gasteiger partial charge on any atom is -0.475 e. The van der Waals surface area contributed by atoms with E-state index in [2.05, 4.69) is 31.2 Å². The Labute approximate surface area is 87.5 Å². The maximum atomic E-state index is 10.7. The first-order valence-corrected chi connectivity index (χ1v) is 4.33. The summed E-state index contributed by atoms with van der Waals surface area (Å²) >= 11 is 3.08. The summed E-state index contributed by atoms with van der Waals surface area (Å²) in [5, 5.41) is 10.9. The van der Waals surface area contributed by atoms with E-state index in [1.165, 1.54) is 13.1 Å². The smallest absolute Gasteiger partial charge is 0.374 e. The molecule has 0 atom stereocenters. The van der Waals surface area contributed by atoms with Gasteiger partial charge in [-0.05, 0) is 15.9 Å². The van der Waals surface area contributed by atoms with Crippen molar-refractivity contribution in [3.8, 4) is 0 Å². The molecule has 0 aliphatic heterocycles. The summed E-state index contributed by atoms with van der Waals surface area (Å²) < 4.78 is 0.428. The molecule has 0 fully saturated rings. The average Bonchev–Trinajstić information content (AvgIpc) is 2.07. The molecule has 0 aliphatic rings.